The number of hydrogen-bond acceptors (Lipinski definition) is 2. The van der Waals surface area contributed by atoms with Gasteiger partial charge in [0, 0.05) is 31.7 Å². The molecule has 4 nitrogen and oxygen atoms in total. The van der Waals surface area contributed by atoms with Gasteiger partial charge >= 0.3 is 6.03 Å². The van der Waals surface area contributed by atoms with Crippen LogP contribution in [0.15, 0.2) is 0 Å². The smallest absolute Gasteiger partial charge is 0.317 e. The summed E-state index contributed by atoms with van der Waals surface area (Å²) in [6.07, 6.45) is 8.09. The van der Waals surface area contributed by atoms with Crippen molar-refractivity contribution < 1.29 is 4.79 Å². The standard InChI is InChI=1S/C17H27N3O/c21-16(20-9-14-7-18-8-15(14)10-20)19-17-4-11-1-12(5-17)3-13(2-11)6-17/h11-15,18H,1-10H2,(H,19,21)/t11?,12?,13?,14-,15+,17?. The summed E-state index contributed by atoms with van der Waals surface area (Å²) in [5.74, 6) is 4.11. The molecule has 0 aromatic carbocycles. The van der Waals surface area contributed by atoms with E-state index >= 15 is 0 Å². The maximum atomic E-state index is 12.8. The highest BCUT2D eigenvalue weighted by Crippen LogP contribution is 2.55. The van der Waals surface area contributed by atoms with Crippen LogP contribution in [0.4, 0.5) is 4.79 Å². The Balaban J connectivity index is 1.28. The van der Waals surface area contributed by atoms with Gasteiger partial charge < -0.3 is 15.5 Å². The highest BCUT2D eigenvalue weighted by atomic mass is 16.2. The molecule has 2 saturated heterocycles. The maximum absolute atomic E-state index is 12.8. The van der Waals surface area contributed by atoms with Crippen LogP contribution < -0.4 is 10.6 Å². The number of urea groups is 1. The zero-order chi connectivity index (χ0) is 14.0. The van der Waals surface area contributed by atoms with E-state index in [0.29, 0.717) is 11.8 Å². The van der Waals surface area contributed by atoms with Crippen LogP contribution in [-0.4, -0.2) is 42.6 Å². The number of amides is 2. The van der Waals surface area contributed by atoms with Crippen molar-refractivity contribution in [2.24, 2.45) is 29.6 Å². The summed E-state index contributed by atoms with van der Waals surface area (Å²) >= 11 is 0. The quantitative estimate of drug-likeness (QED) is 0.773. The van der Waals surface area contributed by atoms with Crippen LogP contribution in [0.5, 0.6) is 0 Å². The minimum Gasteiger partial charge on any atom is -0.333 e. The van der Waals surface area contributed by atoms with Crippen molar-refractivity contribution in [3.63, 3.8) is 0 Å². The summed E-state index contributed by atoms with van der Waals surface area (Å²) in [5, 5.41) is 6.97. The number of hydrogen-bond donors (Lipinski definition) is 2. The molecule has 6 aliphatic rings. The summed E-state index contributed by atoms with van der Waals surface area (Å²) in [6.45, 7) is 4.14. The zero-order valence-corrected chi connectivity index (χ0v) is 12.8. The first kappa shape index (κ1) is 12.7. The summed E-state index contributed by atoms with van der Waals surface area (Å²) in [7, 11) is 0. The van der Waals surface area contributed by atoms with Gasteiger partial charge in [0.15, 0.2) is 0 Å². The first-order chi connectivity index (χ1) is 10.2. The molecule has 4 bridgehead atoms. The van der Waals surface area contributed by atoms with E-state index in [2.05, 4.69) is 15.5 Å². The fraction of sp³-hybridized carbons (Fsp3) is 0.941. The van der Waals surface area contributed by atoms with Gasteiger partial charge in [0.25, 0.3) is 0 Å². The van der Waals surface area contributed by atoms with Gasteiger partial charge in [0.2, 0.25) is 0 Å². The highest BCUT2D eigenvalue weighted by molar-refractivity contribution is 5.75. The fourth-order valence-electron chi connectivity index (χ4n) is 6.59. The molecule has 4 heteroatoms. The van der Waals surface area contributed by atoms with Gasteiger partial charge in [0.05, 0.1) is 0 Å². The van der Waals surface area contributed by atoms with E-state index in [0.717, 1.165) is 43.9 Å². The second kappa shape index (κ2) is 4.37. The molecule has 116 valence electrons. The molecule has 2 atom stereocenters. The van der Waals surface area contributed by atoms with Crippen LogP contribution >= 0.6 is 0 Å². The number of carbonyl (C=O) groups is 1. The molecule has 4 saturated carbocycles. The Kier molecular flexibility index (Phi) is 2.65. The lowest BCUT2D eigenvalue weighted by atomic mass is 9.53. The first-order valence-corrected chi connectivity index (χ1v) is 8.97. The molecule has 2 amide bonds. The Morgan fingerprint density at radius 2 is 1.48 bits per heavy atom. The Morgan fingerprint density at radius 1 is 0.952 bits per heavy atom. The van der Waals surface area contributed by atoms with Crippen LogP contribution in [-0.2, 0) is 0 Å². The molecule has 0 spiro atoms. The van der Waals surface area contributed by atoms with Gasteiger partial charge in [0.1, 0.15) is 0 Å². The minimum absolute atomic E-state index is 0.168. The van der Waals surface area contributed by atoms with Crippen molar-refractivity contribution >= 4 is 6.03 Å². The number of nitrogens with one attached hydrogen (secondary N) is 2. The topological polar surface area (TPSA) is 44.4 Å². The molecule has 0 aromatic heterocycles. The average molecular weight is 289 g/mol. The van der Waals surface area contributed by atoms with Gasteiger partial charge in [-0.05, 0) is 68.1 Å². The van der Waals surface area contributed by atoms with Gasteiger partial charge in [-0.1, -0.05) is 0 Å². The summed E-state index contributed by atoms with van der Waals surface area (Å²) < 4.78 is 0. The summed E-state index contributed by atoms with van der Waals surface area (Å²) in [6, 6.07) is 0.242. The number of rotatable bonds is 1. The second-order valence-corrected chi connectivity index (χ2v) is 8.71. The fourth-order valence-corrected chi connectivity index (χ4v) is 6.59. The third-order valence-electron chi connectivity index (χ3n) is 7.09. The number of likely N-dealkylation sites (tertiary alicyclic amines) is 1. The van der Waals surface area contributed by atoms with Gasteiger partial charge in [-0.3, -0.25) is 0 Å². The highest BCUT2D eigenvalue weighted by Gasteiger charge is 2.52. The number of carbonyl (C=O) groups excluding carboxylic acids is 1. The molecule has 6 rings (SSSR count). The molecule has 6 fully saturated rings. The number of nitrogens with zero attached hydrogens (tertiary/aromatic N) is 1. The SMILES string of the molecule is O=C(NC12CC3CC(CC(C3)C1)C2)N1C[C@H]2CNC[C@H]2C1. The van der Waals surface area contributed by atoms with E-state index in [-0.39, 0.29) is 11.6 Å². The molecular weight excluding hydrogens is 262 g/mol. The largest absolute Gasteiger partial charge is 0.333 e. The van der Waals surface area contributed by atoms with Gasteiger partial charge in [-0.2, -0.15) is 0 Å². The zero-order valence-electron chi connectivity index (χ0n) is 12.8. The molecule has 2 aliphatic heterocycles. The molecule has 21 heavy (non-hydrogen) atoms. The minimum atomic E-state index is 0.168. The first-order valence-electron chi connectivity index (χ1n) is 8.97. The van der Waals surface area contributed by atoms with Crippen molar-refractivity contribution in [1.82, 2.24) is 15.5 Å². The monoisotopic (exact) mass is 289 g/mol. The van der Waals surface area contributed by atoms with Crippen LogP contribution in [0, 0.1) is 29.6 Å². The Bertz CT molecular complexity index is 416. The van der Waals surface area contributed by atoms with Crippen LogP contribution in [0.2, 0.25) is 0 Å². The van der Waals surface area contributed by atoms with Crippen LogP contribution in [0.25, 0.3) is 0 Å². The van der Waals surface area contributed by atoms with Crippen molar-refractivity contribution in [3.8, 4) is 0 Å². The van der Waals surface area contributed by atoms with Gasteiger partial charge in [-0.25, -0.2) is 4.79 Å². The lowest BCUT2D eigenvalue weighted by molar-refractivity contribution is -0.0154. The van der Waals surface area contributed by atoms with E-state index in [1.807, 2.05) is 0 Å². The van der Waals surface area contributed by atoms with E-state index in [1.54, 1.807) is 0 Å². The second-order valence-electron chi connectivity index (χ2n) is 8.71. The lowest BCUT2D eigenvalue weighted by Gasteiger charge is -2.57. The van der Waals surface area contributed by atoms with Crippen molar-refractivity contribution in [1.29, 1.82) is 0 Å². The van der Waals surface area contributed by atoms with Crippen LogP contribution in [0.3, 0.4) is 0 Å². The predicted octanol–water partition coefficient (Wildman–Crippen LogP) is 1.82. The summed E-state index contributed by atoms with van der Waals surface area (Å²) in [5.41, 5.74) is 0.168. The van der Waals surface area contributed by atoms with Crippen molar-refractivity contribution in [2.45, 2.75) is 44.1 Å². The van der Waals surface area contributed by atoms with E-state index < -0.39 is 0 Å². The van der Waals surface area contributed by atoms with Crippen molar-refractivity contribution in [3.05, 3.63) is 0 Å². The third kappa shape index (κ3) is 2.01. The molecule has 4 aliphatic carbocycles. The maximum Gasteiger partial charge on any atom is 0.317 e. The molecule has 0 unspecified atom stereocenters. The Hall–Kier alpha value is -0.770. The van der Waals surface area contributed by atoms with E-state index in [9.17, 15) is 4.79 Å². The Morgan fingerprint density at radius 3 is 2.00 bits per heavy atom. The van der Waals surface area contributed by atoms with E-state index in [1.165, 1.54) is 38.5 Å². The molecule has 0 aromatic rings. The molecule has 2 N–H and O–H groups in total. The third-order valence-corrected chi connectivity index (χ3v) is 7.09. The average Bonchev–Trinajstić information content (AvgIpc) is 2.96. The molecule has 2 heterocycles. The summed E-state index contributed by atoms with van der Waals surface area (Å²) in [4.78, 5) is 14.9. The Labute approximate surface area is 127 Å². The van der Waals surface area contributed by atoms with Crippen LogP contribution in [0.1, 0.15) is 38.5 Å². The number of fused-ring (bicyclic) bond motifs is 1. The molecule has 0 radical (unpaired) electrons. The van der Waals surface area contributed by atoms with Gasteiger partial charge in [-0.15, -0.1) is 0 Å². The van der Waals surface area contributed by atoms with E-state index in [4.69, 9.17) is 0 Å². The molecular formula is C17H27N3O. The van der Waals surface area contributed by atoms with Crippen molar-refractivity contribution in [2.75, 3.05) is 26.2 Å². The predicted molar refractivity (Wildman–Crippen MR) is 80.9 cm³/mol. The lowest BCUT2D eigenvalue weighted by Crippen LogP contribution is -2.61. The normalized spacial score (nSPS) is 50.5.